The van der Waals surface area contributed by atoms with Gasteiger partial charge in [-0.1, -0.05) is 64.7 Å². The molecule has 0 saturated carbocycles. The third kappa shape index (κ3) is 7.07. The predicted molar refractivity (Wildman–Crippen MR) is 85.8 cm³/mol. The molecule has 1 aliphatic heterocycles. The van der Waals surface area contributed by atoms with Gasteiger partial charge in [0.05, 0.1) is 6.04 Å². The van der Waals surface area contributed by atoms with Gasteiger partial charge in [-0.05, 0) is 12.8 Å². The molecule has 1 rings (SSSR count). The Balaban J connectivity index is 1.98. The summed E-state index contributed by atoms with van der Waals surface area (Å²) < 4.78 is 0. The number of hydrogen-bond acceptors (Lipinski definition) is 3. The molecule has 0 aromatic rings. The van der Waals surface area contributed by atoms with Gasteiger partial charge in [-0.3, -0.25) is 14.5 Å². The molecular weight excluding hydrogens is 264 g/mol. The Morgan fingerprint density at radius 3 is 2.05 bits per heavy atom. The highest BCUT2D eigenvalue weighted by Crippen LogP contribution is 2.14. The zero-order valence-corrected chi connectivity index (χ0v) is 13.6. The van der Waals surface area contributed by atoms with Gasteiger partial charge in [-0.15, -0.1) is 0 Å². The van der Waals surface area contributed by atoms with Crippen molar-refractivity contribution < 1.29 is 9.59 Å². The first-order chi connectivity index (χ1) is 10.2. The fraction of sp³-hybridized carbons (Fsp3) is 0.882. The van der Waals surface area contributed by atoms with Crippen molar-refractivity contribution in [2.75, 3.05) is 6.54 Å². The molecule has 2 N–H and O–H groups in total. The highest BCUT2D eigenvalue weighted by Gasteiger charge is 2.31. The molecule has 0 spiro atoms. The average Bonchev–Trinajstić information content (AvgIpc) is 2.48. The molecule has 0 aliphatic carbocycles. The number of imide groups is 1. The maximum Gasteiger partial charge on any atom is 0.246 e. The van der Waals surface area contributed by atoms with Crippen molar-refractivity contribution in [2.24, 2.45) is 5.73 Å². The van der Waals surface area contributed by atoms with E-state index in [9.17, 15) is 9.59 Å². The van der Waals surface area contributed by atoms with Gasteiger partial charge < -0.3 is 5.73 Å². The van der Waals surface area contributed by atoms with Crippen LogP contribution in [0.2, 0.25) is 0 Å². The van der Waals surface area contributed by atoms with Crippen LogP contribution in [0.1, 0.15) is 84.0 Å². The molecule has 4 heteroatoms. The standard InChI is InChI=1S/C17H32N2O2/c1-2-3-4-5-6-7-8-9-10-11-14-19-16(20)13-12-15(18)17(19)21/h15H,2-14,18H2,1H3. The van der Waals surface area contributed by atoms with E-state index in [1.165, 1.54) is 56.3 Å². The fourth-order valence-corrected chi connectivity index (χ4v) is 2.85. The first-order valence-corrected chi connectivity index (χ1v) is 8.76. The zero-order chi connectivity index (χ0) is 15.5. The Morgan fingerprint density at radius 2 is 1.48 bits per heavy atom. The number of carbonyl (C=O) groups is 2. The normalized spacial score (nSPS) is 19.3. The van der Waals surface area contributed by atoms with Crippen LogP contribution in [0.5, 0.6) is 0 Å². The molecule has 0 bridgehead atoms. The SMILES string of the molecule is CCCCCCCCCCCCN1C(=O)CCC(N)C1=O. The fourth-order valence-electron chi connectivity index (χ4n) is 2.85. The minimum atomic E-state index is -0.467. The second-order valence-corrected chi connectivity index (χ2v) is 6.21. The monoisotopic (exact) mass is 296 g/mol. The molecule has 1 unspecified atom stereocenters. The van der Waals surface area contributed by atoms with Crippen LogP contribution in [0.4, 0.5) is 0 Å². The molecule has 1 aliphatic rings. The van der Waals surface area contributed by atoms with Crippen molar-refractivity contribution in [1.82, 2.24) is 4.90 Å². The van der Waals surface area contributed by atoms with Gasteiger partial charge in [0.1, 0.15) is 0 Å². The maximum absolute atomic E-state index is 11.8. The number of rotatable bonds is 11. The summed E-state index contributed by atoms with van der Waals surface area (Å²) in [5, 5.41) is 0. The lowest BCUT2D eigenvalue weighted by Crippen LogP contribution is -2.51. The van der Waals surface area contributed by atoms with E-state index in [0.717, 1.165) is 12.8 Å². The molecule has 2 amide bonds. The number of hydrogen-bond donors (Lipinski definition) is 1. The van der Waals surface area contributed by atoms with Crippen LogP contribution in [0.3, 0.4) is 0 Å². The summed E-state index contributed by atoms with van der Waals surface area (Å²) in [6.45, 7) is 2.80. The van der Waals surface area contributed by atoms with Crippen LogP contribution in [0.25, 0.3) is 0 Å². The maximum atomic E-state index is 11.8. The summed E-state index contributed by atoms with van der Waals surface area (Å²) in [5.41, 5.74) is 5.71. The first-order valence-electron chi connectivity index (χ1n) is 8.76. The van der Waals surface area contributed by atoms with Gasteiger partial charge in [-0.25, -0.2) is 0 Å². The number of likely N-dealkylation sites (tertiary alicyclic amines) is 1. The number of carbonyl (C=O) groups excluding carboxylic acids is 2. The summed E-state index contributed by atoms with van der Waals surface area (Å²) in [7, 11) is 0. The number of amides is 2. The first kappa shape index (κ1) is 18.1. The molecule has 1 saturated heterocycles. The third-order valence-electron chi connectivity index (χ3n) is 4.29. The van der Waals surface area contributed by atoms with E-state index >= 15 is 0 Å². The number of unbranched alkanes of at least 4 members (excludes halogenated alkanes) is 9. The molecule has 1 heterocycles. The van der Waals surface area contributed by atoms with E-state index < -0.39 is 6.04 Å². The van der Waals surface area contributed by atoms with Gasteiger partial charge >= 0.3 is 0 Å². The van der Waals surface area contributed by atoms with Crippen molar-refractivity contribution in [3.8, 4) is 0 Å². The van der Waals surface area contributed by atoms with Gasteiger partial charge in [0, 0.05) is 13.0 Å². The van der Waals surface area contributed by atoms with Crippen LogP contribution in [0, 0.1) is 0 Å². The van der Waals surface area contributed by atoms with Crippen molar-refractivity contribution in [3.05, 3.63) is 0 Å². The van der Waals surface area contributed by atoms with Crippen LogP contribution >= 0.6 is 0 Å². The lowest BCUT2D eigenvalue weighted by Gasteiger charge is -2.28. The predicted octanol–water partition coefficient (Wildman–Crippen LogP) is 3.38. The smallest absolute Gasteiger partial charge is 0.246 e. The summed E-state index contributed by atoms with van der Waals surface area (Å²) in [5.74, 6) is -0.222. The van der Waals surface area contributed by atoms with E-state index in [1.54, 1.807) is 0 Å². The van der Waals surface area contributed by atoms with Crippen molar-refractivity contribution >= 4 is 11.8 Å². The van der Waals surface area contributed by atoms with Crippen LogP contribution in [-0.2, 0) is 9.59 Å². The number of nitrogens with two attached hydrogens (primary N) is 1. The van der Waals surface area contributed by atoms with Gasteiger partial charge in [-0.2, -0.15) is 0 Å². The zero-order valence-electron chi connectivity index (χ0n) is 13.6. The summed E-state index contributed by atoms with van der Waals surface area (Å²) in [6.07, 6.45) is 13.5. The van der Waals surface area contributed by atoms with Gasteiger partial charge in [0.25, 0.3) is 0 Å². The van der Waals surface area contributed by atoms with E-state index in [-0.39, 0.29) is 11.8 Å². The molecule has 1 atom stereocenters. The van der Waals surface area contributed by atoms with Crippen LogP contribution in [-0.4, -0.2) is 29.3 Å². The van der Waals surface area contributed by atoms with E-state index in [2.05, 4.69) is 6.92 Å². The molecule has 0 aromatic carbocycles. The Hall–Kier alpha value is -0.900. The quantitative estimate of drug-likeness (QED) is 0.469. The summed E-state index contributed by atoms with van der Waals surface area (Å²) in [6, 6.07) is -0.467. The minimum absolute atomic E-state index is 0.0439. The van der Waals surface area contributed by atoms with Gasteiger partial charge in [0.2, 0.25) is 11.8 Å². The Bertz CT molecular complexity index is 318. The molecule has 1 fully saturated rings. The Labute approximate surface area is 129 Å². The average molecular weight is 296 g/mol. The Morgan fingerprint density at radius 1 is 0.952 bits per heavy atom. The summed E-state index contributed by atoms with van der Waals surface area (Å²) >= 11 is 0. The van der Waals surface area contributed by atoms with Crippen molar-refractivity contribution in [2.45, 2.75) is 90.0 Å². The van der Waals surface area contributed by atoms with Crippen molar-refractivity contribution in [1.29, 1.82) is 0 Å². The topological polar surface area (TPSA) is 63.4 Å². The minimum Gasteiger partial charge on any atom is -0.320 e. The van der Waals surface area contributed by atoms with E-state index in [1.807, 2.05) is 0 Å². The lowest BCUT2D eigenvalue weighted by molar-refractivity contribution is -0.149. The van der Waals surface area contributed by atoms with Crippen LogP contribution < -0.4 is 5.73 Å². The number of nitrogens with zero attached hydrogens (tertiary/aromatic N) is 1. The van der Waals surface area contributed by atoms with Crippen molar-refractivity contribution in [3.63, 3.8) is 0 Å². The Kier molecular flexibility index (Phi) is 9.31. The lowest BCUT2D eigenvalue weighted by atomic mass is 10.0. The molecule has 0 radical (unpaired) electrons. The highest BCUT2D eigenvalue weighted by molar-refractivity contribution is 6.00. The summed E-state index contributed by atoms with van der Waals surface area (Å²) in [4.78, 5) is 24.9. The number of piperidine rings is 1. The second kappa shape index (κ2) is 10.8. The van der Waals surface area contributed by atoms with E-state index in [0.29, 0.717) is 19.4 Å². The molecular formula is C17H32N2O2. The highest BCUT2D eigenvalue weighted by atomic mass is 16.2. The van der Waals surface area contributed by atoms with E-state index in [4.69, 9.17) is 5.73 Å². The van der Waals surface area contributed by atoms with Gasteiger partial charge in [0.15, 0.2) is 0 Å². The van der Waals surface area contributed by atoms with Crippen LogP contribution in [0.15, 0.2) is 0 Å². The second-order valence-electron chi connectivity index (χ2n) is 6.21. The third-order valence-corrected chi connectivity index (χ3v) is 4.29. The molecule has 0 aromatic heterocycles. The molecule has 122 valence electrons. The molecule has 21 heavy (non-hydrogen) atoms. The molecule has 4 nitrogen and oxygen atoms in total. The largest absolute Gasteiger partial charge is 0.320 e.